The predicted octanol–water partition coefficient (Wildman–Crippen LogP) is 3.91. The Hall–Kier alpha value is -2.10. The van der Waals surface area contributed by atoms with Crippen LogP contribution in [0, 0.1) is 0 Å². The molecule has 4 nitrogen and oxygen atoms in total. The van der Waals surface area contributed by atoms with Gasteiger partial charge in [0.2, 0.25) is 0 Å². The second-order valence-corrected chi connectivity index (χ2v) is 5.25. The number of benzene rings is 1. The summed E-state index contributed by atoms with van der Waals surface area (Å²) in [7, 11) is 0. The maximum Gasteiger partial charge on any atom is 0.338 e. The van der Waals surface area contributed by atoms with Crippen molar-refractivity contribution in [2.75, 3.05) is 6.61 Å². The largest absolute Gasteiger partial charge is 0.466 e. The maximum atomic E-state index is 12.1. The first-order valence-electron chi connectivity index (χ1n) is 7.59. The highest BCUT2D eigenvalue weighted by atomic mass is 16.5. The van der Waals surface area contributed by atoms with E-state index in [4.69, 9.17) is 9.47 Å². The summed E-state index contributed by atoms with van der Waals surface area (Å²) in [5.41, 5.74) is 1.60. The van der Waals surface area contributed by atoms with Crippen LogP contribution >= 0.6 is 0 Å². The number of hydrogen-bond donors (Lipinski definition) is 0. The monoisotopic (exact) mass is 304 g/mol. The molecule has 0 unspecified atom stereocenters. The summed E-state index contributed by atoms with van der Waals surface area (Å²) in [6, 6.07) is 8.89. The second kappa shape index (κ2) is 9.77. The fourth-order valence-corrected chi connectivity index (χ4v) is 2.01. The van der Waals surface area contributed by atoms with Crippen LogP contribution in [0.15, 0.2) is 42.0 Å². The third-order valence-corrected chi connectivity index (χ3v) is 2.96. The first-order chi connectivity index (χ1) is 10.5. The van der Waals surface area contributed by atoms with Gasteiger partial charge in [-0.25, -0.2) is 4.79 Å². The molecular formula is C18H24O4. The van der Waals surface area contributed by atoms with Gasteiger partial charge in [-0.2, -0.15) is 0 Å². The smallest absolute Gasteiger partial charge is 0.338 e. The van der Waals surface area contributed by atoms with E-state index in [0.29, 0.717) is 31.4 Å². The first kappa shape index (κ1) is 18.0. The van der Waals surface area contributed by atoms with E-state index in [-0.39, 0.29) is 18.0 Å². The van der Waals surface area contributed by atoms with Crippen LogP contribution in [-0.4, -0.2) is 24.6 Å². The number of rotatable bonds is 8. The van der Waals surface area contributed by atoms with Crippen molar-refractivity contribution >= 4 is 11.9 Å². The Morgan fingerprint density at radius 1 is 1.18 bits per heavy atom. The van der Waals surface area contributed by atoms with Crippen molar-refractivity contribution in [2.24, 2.45) is 0 Å². The quantitative estimate of drug-likeness (QED) is 0.539. The highest BCUT2D eigenvalue weighted by molar-refractivity contribution is 5.89. The van der Waals surface area contributed by atoms with Crippen molar-refractivity contribution < 1.29 is 19.1 Å². The molecule has 22 heavy (non-hydrogen) atoms. The van der Waals surface area contributed by atoms with Crippen molar-refractivity contribution in [3.63, 3.8) is 0 Å². The molecule has 0 aliphatic rings. The van der Waals surface area contributed by atoms with E-state index in [1.165, 1.54) is 0 Å². The molecule has 0 saturated heterocycles. The highest BCUT2D eigenvalue weighted by Crippen LogP contribution is 2.13. The molecule has 0 saturated carbocycles. The van der Waals surface area contributed by atoms with Crippen LogP contribution in [0.25, 0.3) is 0 Å². The van der Waals surface area contributed by atoms with E-state index < -0.39 is 0 Å². The molecule has 0 spiro atoms. The number of hydrogen-bond acceptors (Lipinski definition) is 4. The summed E-state index contributed by atoms with van der Waals surface area (Å²) in [5, 5.41) is 0. The third kappa shape index (κ3) is 7.07. The van der Waals surface area contributed by atoms with Gasteiger partial charge in [0.15, 0.2) is 0 Å². The highest BCUT2D eigenvalue weighted by Gasteiger charge is 2.14. The molecule has 0 amide bonds. The van der Waals surface area contributed by atoms with Crippen molar-refractivity contribution in [1.82, 2.24) is 0 Å². The van der Waals surface area contributed by atoms with Crippen LogP contribution in [0.4, 0.5) is 0 Å². The lowest BCUT2D eigenvalue weighted by molar-refractivity contribution is -0.143. The summed E-state index contributed by atoms with van der Waals surface area (Å²) >= 11 is 0. The van der Waals surface area contributed by atoms with Gasteiger partial charge in [0, 0.05) is 6.42 Å². The van der Waals surface area contributed by atoms with E-state index in [1.54, 1.807) is 31.2 Å². The summed E-state index contributed by atoms with van der Waals surface area (Å²) in [5.74, 6) is -0.563. The average Bonchev–Trinajstić information content (AvgIpc) is 2.47. The zero-order valence-electron chi connectivity index (χ0n) is 13.5. The number of esters is 2. The Balaban J connectivity index is 2.56. The molecule has 4 heteroatoms. The fourth-order valence-electron chi connectivity index (χ4n) is 2.01. The van der Waals surface area contributed by atoms with E-state index in [2.05, 4.69) is 0 Å². The third-order valence-electron chi connectivity index (χ3n) is 2.96. The minimum Gasteiger partial charge on any atom is -0.466 e. The molecule has 0 fully saturated rings. The van der Waals surface area contributed by atoms with Gasteiger partial charge in [0.05, 0.1) is 12.2 Å². The van der Waals surface area contributed by atoms with Gasteiger partial charge < -0.3 is 9.47 Å². The molecule has 0 radical (unpaired) electrons. The zero-order valence-corrected chi connectivity index (χ0v) is 13.5. The van der Waals surface area contributed by atoms with Crippen molar-refractivity contribution in [1.29, 1.82) is 0 Å². The van der Waals surface area contributed by atoms with E-state index >= 15 is 0 Å². The lowest BCUT2D eigenvalue weighted by Gasteiger charge is -2.15. The lowest BCUT2D eigenvalue weighted by Crippen LogP contribution is -2.17. The molecule has 0 aliphatic carbocycles. The van der Waals surface area contributed by atoms with Crippen molar-refractivity contribution in [3.05, 3.63) is 47.5 Å². The minimum absolute atomic E-state index is 0.215. The topological polar surface area (TPSA) is 52.6 Å². The van der Waals surface area contributed by atoms with Crippen LogP contribution in [-0.2, 0) is 14.3 Å². The molecule has 1 rings (SSSR count). The van der Waals surface area contributed by atoms with Gasteiger partial charge in [-0.3, -0.25) is 4.79 Å². The van der Waals surface area contributed by atoms with Gasteiger partial charge >= 0.3 is 11.9 Å². The molecule has 120 valence electrons. The van der Waals surface area contributed by atoms with Crippen LogP contribution in [0.1, 0.15) is 50.4 Å². The Bertz CT molecular complexity index is 501. The first-order valence-corrected chi connectivity index (χ1v) is 7.59. The Morgan fingerprint density at radius 3 is 2.45 bits per heavy atom. The Kier molecular flexibility index (Phi) is 7.97. The summed E-state index contributed by atoms with van der Waals surface area (Å²) < 4.78 is 10.4. The fraction of sp³-hybridized carbons (Fsp3) is 0.444. The molecular weight excluding hydrogens is 280 g/mol. The minimum atomic E-state index is -0.348. The van der Waals surface area contributed by atoms with Gasteiger partial charge in [-0.05, 0) is 51.8 Å². The number of ether oxygens (including phenoxy) is 2. The molecule has 1 aromatic rings. The Labute approximate surface area is 132 Å². The van der Waals surface area contributed by atoms with Gasteiger partial charge in [0.25, 0.3) is 0 Å². The normalized spacial score (nSPS) is 11.4. The van der Waals surface area contributed by atoms with E-state index in [0.717, 1.165) is 5.57 Å². The molecule has 1 atom stereocenters. The zero-order chi connectivity index (χ0) is 16.4. The van der Waals surface area contributed by atoms with Crippen molar-refractivity contribution in [2.45, 2.75) is 46.1 Å². The summed E-state index contributed by atoms with van der Waals surface area (Å²) in [6.45, 7) is 6.08. The molecule has 0 bridgehead atoms. The standard InChI is InChI=1S/C18H24O4/c1-4-21-17(19)12-8-11-16(13-14(2)3)22-18(20)15-9-6-5-7-10-15/h5-7,9-10,13,16H,4,8,11-12H2,1-3H3/t16-/m0/s1. The summed E-state index contributed by atoms with van der Waals surface area (Å²) in [6.07, 6.45) is 3.14. The van der Waals surface area contributed by atoms with Gasteiger partial charge in [-0.15, -0.1) is 0 Å². The van der Waals surface area contributed by atoms with Crippen molar-refractivity contribution in [3.8, 4) is 0 Å². The Morgan fingerprint density at radius 2 is 1.86 bits per heavy atom. The van der Waals surface area contributed by atoms with Gasteiger partial charge in [-0.1, -0.05) is 23.8 Å². The molecule has 0 heterocycles. The van der Waals surface area contributed by atoms with Crippen LogP contribution in [0.2, 0.25) is 0 Å². The molecule has 0 N–H and O–H groups in total. The van der Waals surface area contributed by atoms with Crippen LogP contribution in [0.5, 0.6) is 0 Å². The molecule has 0 aliphatic heterocycles. The maximum absolute atomic E-state index is 12.1. The van der Waals surface area contributed by atoms with E-state index in [9.17, 15) is 9.59 Å². The van der Waals surface area contributed by atoms with Crippen LogP contribution in [0.3, 0.4) is 0 Å². The summed E-state index contributed by atoms with van der Waals surface area (Å²) in [4.78, 5) is 23.4. The van der Waals surface area contributed by atoms with Crippen LogP contribution < -0.4 is 0 Å². The second-order valence-electron chi connectivity index (χ2n) is 5.25. The SMILES string of the molecule is CCOC(=O)CCC[C@@H](C=C(C)C)OC(=O)c1ccccc1. The lowest BCUT2D eigenvalue weighted by atomic mass is 10.1. The van der Waals surface area contributed by atoms with Gasteiger partial charge in [0.1, 0.15) is 6.10 Å². The molecule has 1 aromatic carbocycles. The number of carbonyl (C=O) groups is 2. The predicted molar refractivity (Wildman–Crippen MR) is 85.6 cm³/mol. The average molecular weight is 304 g/mol. The van der Waals surface area contributed by atoms with E-state index in [1.807, 2.05) is 26.0 Å². The number of allylic oxidation sites excluding steroid dienone is 1. The number of carbonyl (C=O) groups excluding carboxylic acids is 2. The molecule has 0 aromatic heterocycles.